The molecule has 1 aromatic heterocycles. The van der Waals surface area contributed by atoms with Crippen LogP contribution in [-0.4, -0.2) is 17.8 Å². The van der Waals surface area contributed by atoms with Crippen LogP contribution in [-0.2, 0) is 0 Å². The maximum absolute atomic E-state index is 5.60. The lowest BCUT2D eigenvalue weighted by molar-refractivity contribution is 0.315. The van der Waals surface area contributed by atoms with E-state index in [0.29, 0.717) is 0 Å². The molecular weight excluding hydrogens is 338 g/mol. The molecule has 0 saturated carbocycles. The molecule has 1 aromatic carbocycles. The van der Waals surface area contributed by atoms with Crippen molar-refractivity contribution in [1.29, 1.82) is 0 Å². The molecule has 0 radical (unpaired) electrons. The third-order valence-electron chi connectivity index (χ3n) is 2.41. The van der Waals surface area contributed by atoms with E-state index in [1.54, 1.807) is 6.21 Å². The number of thiazole rings is 1. The van der Waals surface area contributed by atoms with Gasteiger partial charge in [-0.3, -0.25) is 5.43 Å². The number of hydrogen-bond donors (Lipinski definition) is 1. The van der Waals surface area contributed by atoms with E-state index in [4.69, 9.17) is 4.74 Å². The second-order valence-corrected chi connectivity index (χ2v) is 5.91. The molecule has 1 heterocycles. The summed E-state index contributed by atoms with van der Waals surface area (Å²) in [5, 5.41) is 6.94. The van der Waals surface area contributed by atoms with Gasteiger partial charge in [0.25, 0.3) is 0 Å². The highest BCUT2D eigenvalue weighted by molar-refractivity contribution is 9.10. The fraction of sp³-hybridized carbons (Fsp3) is 0.286. The molecule has 0 atom stereocenters. The van der Waals surface area contributed by atoms with Crippen LogP contribution in [0.4, 0.5) is 5.13 Å². The summed E-state index contributed by atoms with van der Waals surface area (Å²) >= 11 is 5.03. The smallest absolute Gasteiger partial charge is 0.203 e. The molecule has 0 amide bonds. The van der Waals surface area contributed by atoms with Gasteiger partial charge in [-0.2, -0.15) is 5.10 Å². The number of ether oxygens (including phenoxy) is 1. The Hall–Kier alpha value is -1.40. The number of rotatable bonds is 6. The number of benzene rings is 1. The SMILES string of the molecule is CCCOc1ccc(C=NNc2nc(C)cs2)cc1Br. The zero-order valence-electron chi connectivity index (χ0n) is 11.4. The normalized spacial score (nSPS) is 10.9. The molecule has 2 rings (SSSR count). The van der Waals surface area contributed by atoms with Crippen LogP contribution in [0.5, 0.6) is 5.75 Å². The van der Waals surface area contributed by atoms with Crippen molar-refractivity contribution in [3.63, 3.8) is 0 Å². The van der Waals surface area contributed by atoms with Crippen LogP contribution in [0.15, 0.2) is 33.2 Å². The summed E-state index contributed by atoms with van der Waals surface area (Å²) < 4.78 is 6.53. The fourth-order valence-electron chi connectivity index (χ4n) is 1.49. The second-order valence-electron chi connectivity index (χ2n) is 4.20. The highest BCUT2D eigenvalue weighted by Gasteiger charge is 2.01. The van der Waals surface area contributed by atoms with Gasteiger partial charge in [-0.05, 0) is 53.0 Å². The van der Waals surface area contributed by atoms with Crippen LogP contribution < -0.4 is 10.2 Å². The van der Waals surface area contributed by atoms with E-state index >= 15 is 0 Å². The van der Waals surface area contributed by atoms with E-state index < -0.39 is 0 Å². The van der Waals surface area contributed by atoms with Crippen LogP contribution in [0.1, 0.15) is 24.6 Å². The summed E-state index contributed by atoms with van der Waals surface area (Å²) in [4.78, 5) is 4.27. The van der Waals surface area contributed by atoms with E-state index in [1.807, 2.05) is 30.5 Å². The minimum absolute atomic E-state index is 0.719. The summed E-state index contributed by atoms with van der Waals surface area (Å²) in [6, 6.07) is 5.88. The molecule has 0 aliphatic carbocycles. The second kappa shape index (κ2) is 7.40. The molecule has 0 unspecified atom stereocenters. The Bertz CT molecular complexity index is 598. The largest absolute Gasteiger partial charge is 0.492 e. The quantitative estimate of drug-likeness (QED) is 0.616. The summed E-state index contributed by atoms with van der Waals surface area (Å²) in [6.45, 7) is 4.76. The number of halogens is 1. The molecule has 106 valence electrons. The summed E-state index contributed by atoms with van der Waals surface area (Å²) in [6.07, 6.45) is 2.75. The van der Waals surface area contributed by atoms with Crippen LogP contribution in [0, 0.1) is 6.92 Å². The third-order valence-corrected chi connectivity index (χ3v) is 3.89. The van der Waals surface area contributed by atoms with Crippen molar-refractivity contribution in [2.45, 2.75) is 20.3 Å². The predicted octanol–water partition coefficient (Wildman–Crippen LogP) is 4.45. The average molecular weight is 354 g/mol. The lowest BCUT2D eigenvalue weighted by Gasteiger charge is -2.07. The first-order valence-electron chi connectivity index (χ1n) is 6.32. The van der Waals surface area contributed by atoms with Crippen molar-refractivity contribution in [3.8, 4) is 5.75 Å². The van der Waals surface area contributed by atoms with Crippen LogP contribution in [0.25, 0.3) is 0 Å². The van der Waals surface area contributed by atoms with Crippen molar-refractivity contribution in [1.82, 2.24) is 4.98 Å². The lowest BCUT2D eigenvalue weighted by Crippen LogP contribution is -1.96. The molecule has 4 nitrogen and oxygen atoms in total. The molecule has 6 heteroatoms. The molecule has 0 aliphatic heterocycles. The van der Waals surface area contributed by atoms with Crippen LogP contribution in [0.2, 0.25) is 0 Å². The van der Waals surface area contributed by atoms with Crippen molar-refractivity contribution in [2.24, 2.45) is 5.10 Å². The van der Waals surface area contributed by atoms with Gasteiger partial charge in [0.2, 0.25) is 5.13 Å². The van der Waals surface area contributed by atoms with E-state index in [9.17, 15) is 0 Å². The van der Waals surface area contributed by atoms with Gasteiger partial charge in [0.05, 0.1) is 23.0 Å². The standard InChI is InChI=1S/C14H16BrN3OS/c1-3-6-19-13-5-4-11(7-12(13)15)8-16-18-14-17-10(2)9-20-14/h4-5,7-9H,3,6H2,1-2H3,(H,17,18). The number of aryl methyl sites for hydroxylation is 1. The van der Waals surface area contributed by atoms with E-state index in [-0.39, 0.29) is 0 Å². The minimum atomic E-state index is 0.719. The Morgan fingerprint density at radius 3 is 3.00 bits per heavy atom. The lowest BCUT2D eigenvalue weighted by atomic mass is 10.2. The highest BCUT2D eigenvalue weighted by Crippen LogP contribution is 2.25. The highest BCUT2D eigenvalue weighted by atomic mass is 79.9. The zero-order valence-corrected chi connectivity index (χ0v) is 13.8. The molecule has 0 spiro atoms. The first kappa shape index (κ1) is 15.0. The molecule has 0 fully saturated rings. The Kier molecular flexibility index (Phi) is 5.55. The fourth-order valence-corrected chi connectivity index (χ4v) is 2.64. The number of hydrogen-bond acceptors (Lipinski definition) is 5. The molecule has 0 aliphatic rings. The maximum atomic E-state index is 5.60. The first-order chi connectivity index (χ1) is 9.69. The van der Waals surface area contributed by atoms with Gasteiger partial charge in [-0.1, -0.05) is 6.92 Å². The Labute approximate surface area is 131 Å². The molecule has 20 heavy (non-hydrogen) atoms. The Morgan fingerprint density at radius 1 is 1.50 bits per heavy atom. The van der Waals surface area contributed by atoms with E-state index in [0.717, 1.165) is 39.6 Å². The number of anilines is 1. The summed E-state index contributed by atoms with van der Waals surface area (Å²) in [5.41, 5.74) is 4.89. The monoisotopic (exact) mass is 353 g/mol. The zero-order chi connectivity index (χ0) is 14.4. The van der Waals surface area contributed by atoms with Gasteiger partial charge >= 0.3 is 0 Å². The van der Waals surface area contributed by atoms with E-state index in [2.05, 4.69) is 38.4 Å². The minimum Gasteiger partial charge on any atom is -0.492 e. The van der Waals surface area contributed by atoms with Gasteiger partial charge < -0.3 is 4.74 Å². The number of aromatic nitrogens is 1. The topological polar surface area (TPSA) is 46.5 Å². The third kappa shape index (κ3) is 4.31. The predicted molar refractivity (Wildman–Crippen MR) is 88.0 cm³/mol. The van der Waals surface area contributed by atoms with Gasteiger partial charge in [0, 0.05) is 5.38 Å². The van der Waals surface area contributed by atoms with Gasteiger partial charge in [-0.15, -0.1) is 11.3 Å². The number of nitrogens with one attached hydrogen (secondary N) is 1. The van der Waals surface area contributed by atoms with Crippen molar-refractivity contribution >= 4 is 38.6 Å². The molecular formula is C14H16BrN3OS. The van der Waals surface area contributed by atoms with Gasteiger partial charge in [-0.25, -0.2) is 4.98 Å². The number of nitrogens with zero attached hydrogens (tertiary/aromatic N) is 2. The molecule has 1 N–H and O–H groups in total. The van der Waals surface area contributed by atoms with Crippen LogP contribution >= 0.6 is 27.3 Å². The molecule has 0 saturated heterocycles. The molecule has 2 aromatic rings. The average Bonchev–Trinajstić information content (AvgIpc) is 2.84. The van der Waals surface area contributed by atoms with Gasteiger partial charge in [0.1, 0.15) is 5.75 Å². The summed E-state index contributed by atoms with van der Waals surface area (Å²) in [7, 11) is 0. The summed E-state index contributed by atoms with van der Waals surface area (Å²) in [5.74, 6) is 0.854. The van der Waals surface area contributed by atoms with E-state index in [1.165, 1.54) is 11.3 Å². The number of hydrazone groups is 1. The van der Waals surface area contributed by atoms with Crippen LogP contribution in [0.3, 0.4) is 0 Å². The Morgan fingerprint density at radius 2 is 2.35 bits per heavy atom. The molecule has 0 bridgehead atoms. The first-order valence-corrected chi connectivity index (χ1v) is 8.00. The Balaban J connectivity index is 1.97. The van der Waals surface area contributed by atoms with Crippen molar-refractivity contribution in [3.05, 3.63) is 39.3 Å². The van der Waals surface area contributed by atoms with Crippen molar-refractivity contribution < 1.29 is 4.74 Å². The maximum Gasteiger partial charge on any atom is 0.203 e. The van der Waals surface area contributed by atoms with Crippen molar-refractivity contribution in [2.75, 3.05) is 12.0 Å². The van der Waals surface area contributed by atoms with Gasteiger partial charge in [0.15, 0.2) is 0 Å².